The molecule has 2 rings (SSSR count). The van der Waals surface area contributed by atoms with Crippen LogP contribution in [0.15, 0.2) is 24.3 Å². The molecule has 1 heterocycles. The number of hydrogen-bond acceptors (Lipinski definition) is 2. The van der Waals surface area contributed by atoms with Gasteiger partial charge in [-0.05, 0) is 50.1 Å². The molecule has 118 valence electrons. The highest BCUT2D eigenvalue weighted by molar-refractivity contribution is 5.25. The summed E-state index contributed by atoms with van der Waals surface area (Å²) in [7, 11) is 0. The van der Waals surface area contributed by atoms with Crippen LogP contribution in [-0.2, 0) is 0 Å². The van der Waals surface area contributed by atoms with Crippen molar-refractivity contribution in [3.63, 3.8) is 0 Å². The lowest BCUT2D eigenvalue weighted by Crippen LogP contribution is -2.40. The summed E-state index contributed by atoms with van der Waals surface area (Å²) >= 11 is 0. The van der Waals surface area contributed by atoms with Crippen LogP contribution in [0.4, 0.5) is 0 Å². The molecule has 21 heavy (non-hydrogen) atoms. The van der Waals surface area contributed by atoms with Gasteiger partial charge < -0.3 is 5.73 Å². The number of hydrogen-bond donors (Lipinski definition) is 1. The fraction of sp³-hybridized carbons (Fsp3) is 0.684. The topological polar surface area (TPSA) is 29.3 Å². The van der Waals surface area contributed by atoms with E-state index < -0.39 is 0 Å². The molecule has 2 N–H and O–H groups in total. The number of nitrogens with two attached hydrogens (primary N) is 1. The van der Waals surface area contributed by atoms with E-state index in [1.165, 1.54) is 43.5 Å². The van der Waals surface area contributed by atoms with E-state index in [0.29, 0.717) is 11.5 Å². The zero-order valence-electron chi connectivity index (χ0n) is 14.2. The second kappa shape index (κ2) is 6.93. The maximum atomic E-state index is 6.50. The van der Waals surface area contributed by atoms with Crippen LogP contribution in [0, 0.1) is 12.3 Å². The minimum absolute atomic E-state index is 0.220. The summed E-state index contributed by atoms with van der Waals surface area (Å²) in [5.74, 6) is 0. The van der Waals surface area contributed by atoms with Gasteiger partial charge in [0, 0.05) is 18.6 Å². The Kier molecular flexibility index (Phi) is 5.45. The van der Waals surface area contributed by atoms with Crippen molar-refractivity contribution in [3.8, 4) is 0 Å². The first kappa shape index (κ1) is 16.5. The van der Waals surface area contributed by atoms with E-state index >= 15 is 0 Å². The number of likely N-dealkylation sites (tertiary alicyclic amines) is 1. The maximum absolute atomic E-state index is 6.50. The van der Waals surface area contributed by atoms with Gasteiger partial charge >= 0.3 is 0 Å². The Morgan fingerprint density at radius 2 is 1.76 bits per heavy atom. The third-order valence-electron chi connectivity index (χ3n) is 5.66. The van der Waals surface area contributed by atoms with Crippen molar-refractivity contribution >= 4 is 0 Å². The first-order valence-corrected chi connectivity index (χ1v) is 8.61. The van der Waals surface area contributed by atoms with Gasteiger partial charge in [0.25, 0.3) is 0 Å². The predicted molar refractivity (Wildman–Crippen MR) is 91.4 cm³/mol. The van der Waals surface area contributed by atoms with Gasteiger partial charge in [0.2, 0.25) is 0 Å². The summed E-state index contributed by atoms with van der Waals surface area (Å²) in [5.41, 5.74) is 9.71. The van der Waals surface area contributed by atoms with E-state index in [0.717, 1.165) is 6.42 Å². The standard InChI is InChI=1S/C19H32N2/c1-5-17(20)18(16-10-8-15(4)9-11-16)21-13-12-19(6-2,7-3)14-21/h8-11,17-18H,5-7,12-14,20H2,1-4H3. The van der Waals surface area contributed by atoms with Crippen LogP contribution in [0.2, 0.25) is 0 Å². The third-order valence-corrected chi connectivity index (χ3v) is 5.66. The number of benzene rings is 1. The van der Waals surface area contributed by atoms with Crippen molar-refractivity contribution in [2.45, 2.75) is 65.5 Å². The zero-order valence-corrected chi connectivity index (χ0v) is 14.2. The van der Waals surface area contributed by atoms with E-state index in [1.54, 1.807) is 0 Å². The molecule has 2 atom stereocenters. The van der Waals surface area contributed by atoms with Crippen LogP contribution in [0.1, 0.15) is 63.6 Å². The average molecular weight is 288 g/mol. The first-order chi connectivity index (χ1) is 10.0. The lowest BCUT2D eigenvalue weighted by Gasteiger charge is -2.35. The molecule has 0 saturated carbocycles. The van der Waals surface area contributed by atoms with Gasteiger partial charge in [-0.2, -0.15) is 0 Å². The van der Waals surface area contributed by atoms with Gasteiger partial charge in [0.05, 0.1) is 0 Å². The van der Waals surface area contributed by atoms with Crippen molar-refractivity contribution < 1.29 is 0 Å². The largest absolute Gasteiger partial charge is 0.326 e. The number of rotatable bonds is 6. The predicted octanol–water partition coefficient (Wildman–Crippen LogP) is 4.29. The van der Waals surface area contributed by atoms with Crippen molar-refractivity contribution in [2.75, 3.05) is 13.1 Å². The summed E-state index contributed by atoms with van der Waals surface area (Å²) in [6.45, 7) is 11.4. The summed E-state index contributed by atoms with van der Waals surface area (Å²) in [6.07, 6.45) is 4.91. The van der Waals surface area contributed by atoms with Crippen molar-refractivity contribution in [1.29, 1.82) is 0 Å². The van der Waals surface area contributed by atoms with Crippen LogP contribution >= 0.6 is 0 Å². The smallest absolute Gasteiger partial charge is 0.0499 e. The Labute approximate surface area is 130 Å². The van der Waals surface area contributed by atoms with E-state index in [9.17, 15) is 0 Å². The van der Waals surface area contributed by atoms with E-state index in [4.69, 9.17) is 5.73 Å². The quantitative estimate of drug-likeness (QED) is 0.846. The molecule has 0 aliphatic carbocycles. The van der Waals surface area contributed by atoms with Crippen molar-refractivity contribution in [3.05, 3.63) is 35.4 Å². The lowest BCUT2D eigenvalue weighted by atomic mass is 9.82. The highest BCUT2D eigenvalue weighted by Crippen LogP contribution is 2.41. The molecule has 1 saturated heterocycles. The van der Waals surface area contributed by atoms with Gasteiger partial charge in [0.1, 0.15) is 0 Å². The Bertz CT molecular complexity index is 433. The van der Waals surface area contributed by atoms with Gasteiger partial charge in [-0.1, -0.05) is 50.6 Å². The molecule has 0 spiro atoms. The molecule has 2 nitrogen and oxygen atoms in total. The molecular formula is C19H32N2. The minimum Gasteiger partial charge on any atom is -0.326 e. The molecule has 0 bridgehead atoms. The second-order valence-corrected chi connectivity index (χ2v) is 6.86. The molecular weight excluding hydrogens is 256 g/mol. The molecule has 1 aliphatic heterocycles. The summed E-state index contributed by atoms with van der Waals surface area (Å²) < 4.78 is 0. The highest BCUT2D eigenvalue weighted by atomic mass is 15.2. The van der Waals surface area contributed by atoms with Gasteiger partial charge in [0.15, 0.2) is 0 Å². The number of nitrogens with zero attached hydrogens (tertiary/aromatic N) is 1. The normalized spacial score (nSPS) is 21.4. The van der Waals surface area contributed by atoms with Gasteiger partial charge in [-0.3, -0.25) is 4.90 Å². The monoisotopic (exact) mass is 288 g/mol. The molecule has 0 radical (unpaired) electrons. The van der Waals surface area contributed by atoms with Crippen LogP contribution in [-0.4, -0.2) is 24.0 Å². The van der Waals surface area contributed by atoms with Crippen molar-refractivity contribution in [2.24, 2.45) is 11.1 Å². The summed E-state index contributed by atoms with van der Waals surface area (Å²) in [5, 5.41) is 0. The van der Waals surface area contributed by atoms with Gasteiger partial charge in [-0.25, -0.2) is 0 Å². The molecule has 0 amide bonds. The van der Waals surface area contributed by atoms with Gasteiger partial charge in [-0.15, -0.1) is 0 Å². The molecule has 2 heteroatoms. The third kappa shape index (κ3) is 3.49. The van der Waals surface area contributed by atoms with Crippen LogP contribution < -0.4 is 5.73 Å². The Balaban J connectivity index is 2.24. The first-order valence-electron chi connectivity index (χ1n) is 8.61. The summed E-state index contributed by atoms with van der Waals surface area (Å²) in [4.78, 5) is 2.64. The van der Waals surface area contributed by atoms with E-state index in [1.807, 2.05) is 0 Å². The fourth-order valence-electron chi connectivity index (χ4n) is 3.75. The van der Waals surface area contributed by atoms with Crippen LogP contribution in [0.25, 0.3) is 0 Å². The summed E-state index contributed by atoms with van der Waals surface area (Å²) in [6, 6.07) is 9.56. The molecule has 1 aromatic carbocycles. The number of aryl methyl sites for hydroxylation is 1. The lowest BCUT2D eigenvalue weighted by molar-refractivity contribution is 0.172. The highest BCUT2D eigenvalue weighted by Gasteiger charge is 2.39. The molecule has 2 unspecified atom stereocenters. The molecule has 1 aliphatic rings. The molecule has 1 aromatic rings. The van der Waals surface area contributed by atoms with Crippen molar-refractivity contribution in [1.82, 2.24) is 4.90 Å². The van der Waals surface area contributed by atoms with Crippen LogP contribution in [0.3, 0.4) is 0 Å². The van der Waals surface area contributed by atoms with E-state index in [2.05, 4.69) is 56.9 Å². The Hall–Kier alpha value is -0.860. The Morgan fingerprint density at radius 3 is 2.24 bits per heavy atom. The fourth-order valence-corrected chi connectivity index (χ4v) is 3.75. The van der Waals surface area contributed by atoms with E-state index in [-0.39, 0.29) is 6.04 Å². The van der Waals surface area contributed by atoms with Crippen LogP contribution in [0.5, 0.6) is 0 Å². The Morgan fingerprint density at radius 1 is 1.14 bits per heavy atom. The maximum Gasteiger partial charge on any atom is 0.0499 e. The molecule has 1 fully saturated rings. The SMILES string of the molecule is CCC(N)C(c1ccc(C)cc1)N1CCC(CC)(CC)C1. The molecule has 0 aromatic heterocycles. The second-order valence-electron chi connectivity index (χ2n) is 6.86. The zero-order chi connectivity index (χ0) is 15.5. The minimum atomic E-state index is 0.220. The average Bonchev–Trinajstić information content (AvgIpc) is 2.94.